The molecule has 1 heterocycles. The third kappa shape index (κ3) is 33.4. The molecule has 61 heavy (non-hydrogen) atoms. The van der Waals surface area contributed by atoms with E-state index in [-0.39, 0.29) is 32.0 Å². The second-order valence-electron chi connectivity index (χ2n) is 17.7. The molecule has 0 radical (unpaired) electrons. The van der Waals surface area contributed by atoms with Gasteiger partial charge in [0.25, 0.3) is 0 Å². The van der Waals surface area contributed by atoms with E-state index >= 15 is 0 Å². The average Bonchev–Trinajstić information content (AvgIpc) is 3.26. The summed E-state index contributed by atoms with van der Waals surface area (Å²) in [5, 5.41) is 40.2. The summed E-state index contributed by atoms with van der Waals surface area (Å²) in [7, 11) is 0. The number of hydrogen-bond donors (Lipinski definition) is 4. The zero-order chi connectivity index (χ0) is 44.4. The standard InChI is InChI=1S/C51H94O10/c1-3-5-7-9-11-13-15-17-19-20-21-22-23-24-26-27-29-31-33-35-37-39-46(53)58-42-44(43-59-51-50(57)49(56)48(55)45(41-52)61-51)60-47(54)40-38-36-34-32-30-28-25-18-16-14-12-10-8-6-4-2/h4,17,19,44-45,48-52,55-57H,2-3,5-16,18,20-43H2,1H3/b19-17+/t44-,45-,48+,49?,50?,51-/m0/s1. The van der Waals surface area contributed by atoms with E-state index in [0.29, 0.717) is 6.42 Å². The molecule has 0 spiro atoms. The highest BCUT2D eigenvalue weighted by Gasteiger charge is 2.44. The minimum atomic E-state index is -1.59. The Kier molecular flexibility index (Phi) is 39.5. The summed E-state index contributed by atoms with van der Waals surface area (Å²) in [5.41, 5.74) is 0. The first-order valence-electron chi connectivity index (χ1n) is 25.4. The third-order valence-electron chi connectivity index (χ3n) is 12.0. The Morgan fingerprint density at radius 1 is 0.541 bits per heavy atom. The van der Waals surface area contributed by atoms with Gasteiger partial charge < -0.3 is 39.4 Å². The van der Waals surface area contributed by atoms with Crippen LogP contribution in [-0.4, -0.2) is 89.0 Å². The molecule has 0 amide bonds. The first kappa shape index (κ1) is 57.2. The number of hydrogen-bond acceptors (Lipinski definition) is 10. The van der Waals surface area contributed by atoms with Crippen LogP contribution in [0.4, 0.5) is 0 Å². The molecule has 0 bridgehead atoms. The van der Waals surface area contributed by atoms with Crippen molar-refractivity contribution >= 4 is 11.9 Å². The summed E-state index contributed by atoms with van der Waals surface area (Å²) in [5.74, 6) is -0.800. The Bertz CT molecular complexity index is 1030. The third-order valence-corrected chi connectivity index (χ3v) is 12.0. The molecule has 1 rings (SSSR count). The van der Waals surface area contributed by atoms with Gasteiger partial charge in [0.1, 0.15) is 31.0 Å². The van der Waals surface area contributed by atoms with Crippen LogP contribution in [0.3, 0.4) is 0 Å². The van der Waals surface area contributed by atoms with Gasteiger partial charge in [-0.1, -0.05) is 186 Å². The average molecular weight is 867 g/mol. The fourth-order valence-electron chi connectivity index (χ4n) is 7.93. The lowest BCUT2D eigenvalue weighted by atomic mass is 9.99. The van der Waals surface area contributed by atoms with E-state index in [1.807, 2.05) is 6.08 Å². The summed E-state index contributed by atoms with van der Waals surface area (Å²) in [6.45, 7) is 4.98. The maximum atomic E-state index is 12.8. The van der Waals surface area contributed by atoms with Crippen molar-refractivity contribution in [2.24, 2.45) is 0 Å². The lowest BCUT2D eigenvalue weighted by Crippen LogP contribution is -2.59. The van der Waals surface area contributed by atoms with Crippen LogP contribution in [0.15, 0.2) is 24.8 Å². The first-order valence-corrected chi connectivity index (χ1v) is 25.4. The zero-order valence-electron chi connectivity index (χ0n) is 39.0. The molecule has 1 aliphatic rings. The van der Waals surface area contributed by atoms with Crippen molar-refractivity contribution < 1.29 is 49.0 Å². The van der Waals surface area contributed by atoms with Gasteiger partial charge in [0, 0.05) is 12.8 Å². The van der Waals surface area contributed by atoms with Crippen molar-refractivity contribution in [3.8, 4) is 0 Å². The van der Waals surface area contributed by atoms with Crippen LogP contribution in [0.25, 0.3) is 0 Å². The van der Waals surface area contributed by atoms with Crippen LogP contribution >= 0.6 is 0 Å². The SMILES string of the molecule is C=CCCCCCCCCCCCCCCCC(=O)O[C@@H](COC(=O)CCCCCCCCCCCCC/C=C/CCCCCCCC)CO[C@H]1O[C@@H](CO)[C@@H](O)C(O)C1O. The Morgan fingerprint density at radius 3 is 1.39 bits per heavy atom. The molecule has 0 aromatic carbocycles. The minimum absolute atomic E-state index is 0.215. The topological polar surface area (TPSA) is 152 Å². The van der Waals surface area contributed by atoms with E-state index in [4.69, 9.17) is 18.9 Å². The van der Waals surface area contributed by atoms with Crippen molar-refractivity contribution in [1.29, 1.82) is 0 Å². The molecular formula is C51H94O10. The van der Waals surface area contributed by atoms with E-state index in [0.717, 1.165) is 44.9 Å². The van der Waals surface area contributed by atoms with Crippen molar-refractivity contribution in [2.75, 3.05) is 19.8 Å². The smallest absolute Gasteiger partial charge is 0.306 e. The molecular weight excluding hydrogens is 773 g/mol. The predicted molar refractivity (Wildman–Crippen MR) is 247 cm³/mol. The van der Waals surface area contributed by atoms with Gasteiger partial charge in [0.2, 0.25) is 0 Å². The van der Waals surface area contributed by atoms with Gasteiger partial charge in [-0.05, 0) is 51.4 Å². The van der Waals surface area contributed by atoms with Gasteiger partial charge in [0.15, 0.2) is 12.4 Å². The summed E-state index contributed by atoms with van der Waals surface area (Å²) in [6.07, 6.45) is 39.3. The molecule has 1 aliphatic heterocycles. The second-order valence-corrected chi connectivity index (χ2v) is 17.7. The number of rotatable bonds is 44. The molecule has 2 unspecified atom stereocenters. The lowest BCUT2D eigenvalue weighted by Gasteiger charge is -2.39. The number of carbonyl (C=O) groups excluding carboxylic acids is 2. The fourth-order valence-corrected chi connectivity index (χ4v) is 7.93. The Morgan fingerprint density at radius 2 is 0.951 bits per heavy atom. The second kappa shape index (κ2) is 42.1. The van der Waals surface area contributed by atoms with Gasteiger partial charge in [-0.25, -0.2) is 0 Å². The minimum Gasteiger partial charge on any atom is -0.462 e. The van der Waals surface area contributed by atoms with Crippen LogP contribution in [-0.2, 0) is 28.5 Å². The van der Waals surface area contributed by atoms with Gasteiger partial charge in [0.05, 0.1) is 13.2 Å². The Labute approximate surface area is 373 Å². The van der Waals surface area contributed by atoms with E-state index in [1.54, 1.807) is 0 Å². The monoisotopic (exact) mass is 867 g/mol. The molecule has 0 aromatic rings. The van der Waals surface area contributed by atoms with Crippen LogP contribution in [0.1, 0.15) is 232 Å². The quantitative estimate of drug-likeness (QED) is 0.0264. The van der Waals surface area contributed by atoms with Crippen molar-refractivity contribution in [3.63, 3.8) is 0 Å². The highest BCUT2D eigenvalue weighted by atomic mass is 16.7. The molecule has 10 heteroatoms. The van der Waals surface area contributed by atoms with Crippen LogP contribution < -0.4 is 0 Å². The van der Waals surface area contributed by atoms with Crippen LogP contribution in [0.2, 0.25) is 0 Å². The van der Waals surface area contributed by atoms with E-state index in [2.05, 4.69) is 25.7 Å². The number of ether oxygens (including phenoxy) is 4. The largest absolute Gasteiger partial charge is 0.462 e. The molecule has 1 fully saturated rings. The van der Waals surface area contributed by atoms with Gasteiger partial charge in [-0.3, -0.25) is 9.59 Å². The number of aliphatic hydroxyl groups excluding tert-OH is 4. The molecule has 358 valence electrons. The summed E-state index contributed by atoms with van der Waals surface area (Å²) < 4.78 is 22.2. The summed E-state index contributed by atoms with van der Waals surface area (Å²) >= 11 is 0. The number of unbranched alkanes of at least 4 members (excludes halogenated alkanes) is 30. The molecule has 0 aliphatic carbocycles. The maximum absolute atomic E-state index is 12.8. The summed E-state index contributed by atoms with van der Waals surface area (Å²) in [4.78, 5) is 25.4. The highest BCUT2D eigenvalue weighted by molar-refractivity contribution is 5.70. The molecule has 4 N–H and O–H groups in total. The van der Waals surface area contributed by atoms with E-state index in [9.17, 15) is 30.0 Å². The molecule has 0 saturated carbocycles. The van der Waals surface area contributed by atoms with Crippen LogP contribution in [0.5, 0.6) is 0 Å². The fraction of sp³-hybridized carbons (Fsp3) is 0.882. The Balaban J connectivity index is 2.23. The summed E-state index contributed by atoms with van der Waals surface area (Å²) in [6, 6.07) is 0. The first-order chi connectivity index (χ1) is 29.8. The van der Waals surface area contributed by atoms with Crippen molar-refractivity contribution in [1.82, 2.24) is 0 Å². The number of esters is 2. The predicted octanol–water partition coefficient (Wildman–Crippen LogP) is 11.7. The number of aliphatic hydroxyl groups is 4. The maximum Gasteiger partial charge on any atom is 0.306 e. The molecule has 6 atom stereocenters. The Hall–Kier alpha value is -1.82. The van der Waals surface area contributed by atoms with Gasteiger partial charge in [-0.15, -0.1) is 6.58 Å². The van der Waals surface area contributed by atoms with Crippen LogP contribution in [0, 0.1) is 0 Å². The van der Waals surface area contributed by atoms with Crippen molar-refractivity contribution in [3.05, 3.63) is 24.8 Å². The molecule has 0 aromatic heterocycles. The highest BCUT2D eigenvalue weighted by Crippen LogP contribution is 2.23. The number of carbonyl (C=O) groups is 2. The molecule has 10 nitrogen and oxygen atoms in total. The van der Waals surface area contributed by atoms with Gasteiger partial charge in [-0.2, -0.15) is 0 Å². The lowest BCUT2D eigenvalue weighted by molar-refractivity contribution is -0.305. The van der Waals surface area contributed by atoms with E-state index < -0.39 is 49.4 Å². The van der Waals surface area contributed by atoms with Gasteiger partial charge >= 0.3 is 11.9 Å². The zero-order valence-corrected chi connectivity index (χ0v) is 39.0. The van der Waals surface area contributed by atoms with E-state index in [1.165, 1.54) is 161 Å². The number of allylic oxidation sites excluding steroid dienone is 3. The normalized spacial score (nSPS) is 19.7. The van der Waals surface area contributed by atoms with Crippen molar-refractivity contribution in [2.45, 2.75) is 268 Å². The molecule has 1 saturated heterocycles.